The number of carbonyl (C=O) groups excluding carboxylic acids is 3. The summed E-state index contributed by atoms with van der Waals surface area (Å²) in [6.45, 7) is 6.33. The molecule has 50 heavy (non-hydrogen) atoms. The van der Waals surface area contributed by atoms with Crippen LogP contribution in [0.1, 0.15) is 104 Å². The van der Waals surface area contributed by atoms with Crippen LogP contribution in [0.4, 0.5) is 0 Å². The number of rotatable bonds is 12. The molecule has 3 saturated carbocycles. The molecular formula is C40H65N4O6+3. The van der Waals surface area contributed by atoms with Gasteiger partial charge in [-0.25, -0.2) is 10.1 Å². The van der Waals surface area contributed by atoms with Gasteiger partial charge in [0, 0.05) is 42.9 Å². The van der Waals surface area contributed by atoms with Crippen molar-refractivity contribution in [3.63, 3.8) is 0 Å². The largest absolute Gasteiger partial charge is 0.463 e. The Kier molecular flexibility index (Phi) is 11.1. The lowest BCUT2D eigenvalue weighted by atomic mass is 9.60. The fraction of sp³-hybridized carbons (Fsp3) is 0.825. The van der Waals surface area contributed by atoms with Crippen molar-refractivity contribution in [3.05, 3.63) is 23.3 Å². The molecule has 3 heterocycles. The highest BCUT2D eigenvalue weighted by Crippen LogP contribution is 2.62. The molecule has 12 atom stereocenters. The quantitative estimate of drug-likeness (QED) is 0.0877. The van der Waals surface area contributed by atoms with Crippen LogP contribution in [-0.4, -0.2) is 85.6 Å². The first-order chi connectivity index (χ1) is 24.3. The Bertz CT molecular complexity index is 1350. The van der Waals surface area contributed by atoms with Crippen LogP contribution in [0.15, 0.2) is 23.3 Å². The zero-order chi connectivity index (χ0) is 35.0. The lowest BCUT2D eigenvalue weighted by Gasteiger charge is -2.41. The highest BCUT2D eigenvalue weighted by atomic mass is 16.7. The van der Waals surface area contributed by atoms with Gasteiger partial charge in [-0.3, -0.25) is 9.59 Å². The average molecular weight is 698 g/mol. The summed E-state index contributed by atoms with van der Waals surface area (Å²) in [6, 6.07) is 0.352. The highest BCUT2D eigenvalue weighted by molar-refractivity contribution is 6.23. The van der Waals surface area contributed by atoms with Crippen LogP contribution < -0.4 is 21.3 Å². The topological polar surface area (TPSA) is 155 Å². The lowest BCUT2D eigenvalue weighted by Crippen LogP contribution is -3.02. The van der Waals surface area contributed by atoms with E-state index >= 15 is 0 Å². The number of piperidine rings is 2. The van der Waals surface area contributed by atoms with E-state index in [1.807, 2.05) is 0 Å². The minimum atomic E-state index is -1.88. The van der Waals surface area contributed by atoms with Crippen molar-refractivity contribution in [2.45, 2.75) is 133 Å². The van der Waals surface area contributed by atoms with E-state index in [1.165, 1.54) is 25.7 Å². The van der Waals surface area contributed by atoms with Crippen molar-refractivity contribution in [1.29, 1.82) is 0 Å². The summed E-state index contributed by atoms with van der Waals surface area (Å²) in [5.74, 6) is 0.648. The van der Waals surface area contributed by atoms with Crippen molar-refractivity contribution in [2.75, 3.05) is 33.4 Å². The summed E-state index contributed by atoms with van der Waals surface area (Å²) < 4.78 is 12.5. The van der Waals surface area contributed by atoms with Gasteiger partial charge < -0.3 is 30.5 Å². The Morgan fingerprint density at radius 2 is 1.88 bits per heavy atom. The van der Waals surface area contributed by atoms with E-state index in [9.17, 15) is 19.5 Å². The van der Waals surface area contributed by atoms with Gasteiger partial charge in [-0.15, -0.1) is 0 Å². The minimum absolute atomic E-state index is 0.0874. The number of esters is 1. The number of Topliss-reactive ketones (excluding diaryl/α,β-unsaturated/α-hetero) is 2. The third-order valence-electron chi connectivity index (χ3n) is 14.5. The van der Waals surface area contributed by atoms with Crippen molar-refractivity contribution >= 4 is 17.5 Å². The first kappa shape index (κ1) is 36.4. The number of nitrogens with two attached hydrogens (primary N) is 3. The standard InChI is InChI=1S/C40H62N4O6/c1-4-42-33-20-27-10-6-5-9-26(27)19-28(33)23-49-38(48)40-36(47)32-12-8-7-11-31(32)35(46)39(40,50-40)21-29(22-45)24(2)13-14-25-17-18-43-37-30(25)15-16-34(41-3)44-37/h6,10,25-28,30-34,37,41-45H,4-5,7-9,11-23H2,1-3H3/p+3/t25?,26-,27-,28+,30?,31?,32?,33+,34+,37?,39-,40-/m0/s1. The summed E-state index contributed by atoms with van der Waals surface area (Å²) in [7, 11) is 2.14. The van der Waals surface area contributed by atoms with Gasteiger partial charge in [-0.1, -0.05) is 30.6 Å². The van der Waals surface area contributed by atoms with Crippen LogP contribution >= 0.6 is 0 Å². The summed E-state index contributed by atoms with van der Waals surface area (Å²) >= 11 is 0. The minimum Gasteiger partial charge on any atom is -0.463 e. The number of aliphatic hydroxyl groups is 1. The molecular weight excluding hydrogens is 632 g/mol. The van der Waals surface area contributed by atoms with Gasteiger partial charge in [0.15, 0.2) is 17.2 Å². The molecule has 0 aromatic rings. The fourth-order valence-electron chi connectivity index (χ4n) is 11.6. The van der Waals surface area contributed by atoms with Crippen LogP contribution in [0.25, 0.3) is 0 Å². The molecule has 10 nitrogen and oxygen atoms in total. The van der Waals surface area contributed by atoms with Gasteiger partial charge in [-0.2, -0.15) is 0 Å². The SMILES string of the molecule is CC[NH2+][C@@H]1C[C@@H]2C=CCC[C@H]2C[C@@H]1COC(=O)[C@]12O[C@@]1(CC(CO)=C(C)CCC1CC[NH2+]C3N[C@@H]([NH2+]C)CCC13)C(=O)C1CCCCC1C2=O. The third kappa shape index (κ3) is 6.48. The molecule has 7 rings (SSSR count). The smallest absolute Gasteiger partial charge is 0.350 e. The van der Waals surface area contributed by atoms with Gasteiger partial charge in [0.2, 0.25) is 0 Å². The van der Waals surface area contributed by atoms with E-state index in [2.05, 4.69) is 54.3 Å². The van der Waals surface area contributed by atoms with Gasteiger partial charge in [-0.05, 0) is 95.0 Å². The van der Waals surface area contributed by atoms with Crippen LogP contribution in [0.2, 0.25) is 0 Å². The number of epoxide rings is 1. The van der Waals surface area contributed by atoms with E-state index < -0.39 is 29.0 Å². The second kappa shape index (κ2) is 15.2. The van der Waals surface area contributed by atoms with Crippen molar-refractivity contribution < 1.29 is 44.9 Å². The Morgan fingerprint density at radius 1 is 1.08 bits per heavy atom. The van der Waals surface area contributed by atoms with Crippen molar-refractivity contribution in [3.8, 4) is 0 Å². The van der Waals surface area contributed by atoms with Gasteiger partial charge in [0.05, 0.1) is 39.4 Å². The van der Waals surface area contributed by atoms with Crippen molar-refractivity contribution in [2.24, 2.45) is 41.4 Å². The molecule has 10 heteroatoms. The maximum Gasteiger partial charge on any atom is 0.350 e. The summed E-state index contributed by atoms with van der Waals surface area (Å²) in [6.07, 6.45) is 18.5. The van der Waals surface area contributed by atoms with E-state index in [-0.39, 0.29) is 37.1 Å². The van der Waals surface area contributed by atoms with Crippen LogP contribution in [-0.2, 0) is 23.9 Å². The number of allylic oxidation sites excluding steroid dienone is 3. The molecule has 0 aromatic heterocycles. The lowest BCUT2D eigenvalue weighted by molar-refractivity contribution is -0.739. The molecule has 3 saturated heterocycles. The van der Waals surface area contributed by atoms with E-state index in [1.54, 1.807) is 0 Å². The maximum absolute atomic E-state index is 14.5. The molecule has 0 bridgehead atoms. The number of quaternary nitrogens is 3. The fourth-order valence-corrected chi connectivity index (χ4v) is 11.6. The third-order valence-corrected chi connectivity index (χ3v) is 14.5. The molecule has 0 amide bonds. The number of ether oxygens (including phenoxy) is 2. The zero-order valence-corrected chi connectivity index (χ0v) is 30.9. The zero-order valence-electron chi connectivity index (χ0n) is 30.9. The van der Waals surface area contributed by atoms with Crippen LogP contribution in [0, 0.1) is 41.4 Å². The normalized spacial score (nSPS) is 42.8. The number of nitrogens with one attached hydrogen (secondary N) is 1. The molecule has 6 fully saturated rings. The van der Waals surface area contributed by atoms with Gasteiger partial charge in [0.1, 0.15) is 12.3 Å². The highest BCUT2D eigenvalue weighted by Gasteiger charge is 2.87. The van der Waals surface area contributed by atoms with Crippen LogP contribution in [0.3, 0.4) is 0 Å². The van der Waals surface area contributed by atoms with Gasteiger partial charge >= 0.3 is 5.97 Å². The Morgan fingerprint density at radius 3 is 2.64 bits per heavy atom. The molecule has 0 radical (unpaired) electrons. The molecule has 3 aliphatic heterocycles. The Balaban J connectivity index is 1.08. The van der Waals surface area contributed by atoms with Gasteiger partial charge in [0.25, 0.3) is 5.60 Å². The van der Waals surface area contributed by atoms with Crippen LogP contribution in [0.5, 0.6) is 0 Å². The Hall–Kier alpha value is -1.95. The second-order valence-electron chi connectivity index (χ2n) is 17.1. The van der Waals surface area contributed by atoms with E-state index in [4.69, 9.17) is 9.47 Å². The second-order valence-corrected chi connectivity index (χ2v) is 17.1. The maximum atomic E-state index is 14.5. The molecule has 0 aromatic carbocycles. The summed E-state index contributed by atoms with van der Waals surface area (Å²) in [5.41, 5.74) is -1.66. The number of carbonyl (C=O) groups is 3. The molecule has 5 unspecified atom stereocenters. The molecule has 0 spiro atoms. The summed E-state index contributed by atoms with van der Waals surface area (Å²) in [4.78, 5) is 43.1. The first-order valence-corrected chi connectivity index (χ1v) is 20.4. The number of ketones is 2. The van der Waals surface area contributed by atoms with Crippen molar-refractivity contribution in [1.82, 2.24) is 5.32 Å². The predicted molar refractivity (Wildman–Crippen MR) is 187 cm³/mol. The first-order valence-electron chi connectivity index (χ1n) is 20.4. The Labute approximate surface area is 298 Å². The molecule has 4 aliphatic carbocycles. The molecule has 278 valence electrons. The number of hydrogen-bond donors (Lipinski definition) is 5. The predicted octanol–water partition coefficient (Wildman–Crippen LogP) is 0.847. The number of hydrogen-bond acceptors (Lipinski definition) is 7. The molecule has 7 aliphatic rings. The monoisotopic (exact) mass is 697 g/mol. The summed E-state index contributed by atoms with van der Waals surface area (Å²) in [5, 5.41) is 21.7. The van der Waals surface area contributed by atoms with E-state index in [0.29, 0.717) is 54.9 Å². The number of aliphatic hydroxyl groups excluding tert-OH is 1. The molecule has 8 N–H and O–H groups in total. The average Bonchev–Trinajstić information content (AvgIpc) is 3.85. The number of fused-ring (bicyclic) bond motifs is 4. The van der Waals surface area contributed by atoms with E-state index in [0.717, 1.165) is 69.2 Å².